The minimum absolute atomic E-state index is 0.0420. The van der Waals surface area contributed by atoms with Gasteiger partial charge in [-0.25, -0.2) is 4.39 Å². The fourth-order valence-corrected chi connectivity index (χ4v) is 2.25. The lowest BCUT2D eigenvalue weighted by atomic mass is 10.1. The van der Waals surface area contributed by atoms with E-state index >= 15 is 0 Å². The molecule has 1 N–H and O–H groups in total. The van der Waals surface area contributed by atoms with Gasteiger partial charge in [0.15, 0.2) is 0 Å². The number of hydrogen-bond donors (Lipinski definition) is 1. The highest BCUT2D eigenvalue weighted by molar-refractivity contribution is 5.96. The quantitative estimate of drug-likeness (QED) is 0.778. The number of hydrogen-bond acceptors (Lipinski definition) is 1. The summed E-state index contributed by atoms with van der Waals surface area (Å²) in [6.07, 6.45) is 5.53. The van der Waals surface area contributed by atoms with Gasteiger partial charge in [-0.1, -0.05) is 6.07 Å². The molecule has 0 saturated heterocycles. The van der Waals surface area contributed by atoms with E-state index in [9.17, 15) is 9.18 Å². The molecule has 0 unspecified atom stereocenters. The van der Waals surface area contributed by atoms with Crippen LogP contribution in [-0.2, 0) is 11.2 Å². The van der Waals surface area contributed by atoms with Crippen LogP contribution in [0.1, 0.15) is 30.4 Å². The summed E-state index contributed by atoms with van der Waals surface area (Å²) in [6, 6.07) is 5.18. The summed E-state index contributed by atoms with van der Waals surface area (Å²) in [4.78, 5) is 11.7. The Morgan fingerprint density at radius 1 is 1.35 bits per heavy atom. The SMILES string of the molecule is O=C(/C=C1\CCc2ccc(F)cc21)NC1CC1. The number of halogens is 1. The van der Waals surface area contributed by atoms with E-state index in [1.54, 1.807) is 6.08 Å². The van der Waals surface area contributed by atoms with Gasteiger partial charge in [-0.2, -0.15) is 0 Å². The molecular weight excluding hydrogens is 217 g/mol. The second-order valence-electron chi connectivity index (χ2n) is 4.75. The third-order valence-electron chi connectivity index (χ3n) is 3.31. The highest BCUT2D eigenvalue weighted by atomic mass is 19.1. The smallest absolute Gasteiger partial charge is 0.244 e. The summed E-state index contributed by atoms with van der Waals surface area (Å²) < 4.78 is 13.2. The van der Waals surface area contributed by atoms with Crippen molar-refractivity contribution in [3.63, 3.8) is 0 Å². The fourth-order valence-electron chi connectivity index (χ4n) is 2.25. The van der Waals surface area contributed by atoms with Crippen molar-refractivity contribution in [3.8, 4) is 0 Å². The molecule has 17 heavy (non-hydrogen) atoms. The number of aryl methyl sites for hydroxylation is 1. The Balaban J connectivity index is 1.83. The molecule has 1 amide bonds. The molecule has 0 atom stereocenters. The molecule has 0 bridgehead atoms. The standard InChI is InChI=1S/C14H14FNO/c15-11-4-3-9-1-2-10(13(9)8-11)7-14(17)16-12-5-6-12/h3-4,7-8,12H,1-2,5-6H2,(H,16,17)/b10-7+. The maximum Gasteiger partial charge on any atom is 0.244 e. The molecular formula is C14H14FNO. The van der Waals surface area contributed by atoms with E-state index in [2.05, 4.69) is 5.32 Å². The molecule has 2 aliphatic rings. The Morgan fingerprint density at radius 2 is 2.18 bits per heavy atom. The van der Waals surface area contributed by atoms with Gasteiger partial charge in [0, 0.05) is 12.1 Å². The minimum Gasteiger partial charge on any atom is -0.350 e. The number of carbonyl (C=O) groups excluding carboxylic acids is 1. The average molecular weight is 231 g/mol. The first-order valence-corrected chi connectivity index (χ1v) is 6.02. The zero-order valence-corrected chi connectivity index (χ0v) is 9.50. The molecule has 0 aromatic heterocycles. The number of benzene rings is 1. The molecule has 0 heterocycles. The van der Waals surface area contributed by atoms with Crippen LogP contribution in [0.2, 0.25) is 0 Å². The van der Waals surface area contributed by atoms with Gasteiger partial charge in [-0.3, -0.25) is 4.79 Å². The Bertz CT molecular complexity index is 503. The lowest BCUT2D eigenvalue weighted by Gasteiger charge is -2.02. The van der Waals surface area contributed by atoms with Gasteiger partial charge in [0.05, 0.1) is 0 Å². The Labute approximate surface area is 99.5 Å². The van der Waals surface area contributed by atoms with Crippen molar-refractivity contribution in [1.82, 2.24) is 5.32 Å². The molecule has 0 radical (unpaired) electrons. The first-order chi connectivity index (χ1) is 8.22. The second-order valence-corrected chi connectivity index (χ2v) is 4.75. The average Bonchev–Trinajstić information content (AvgIpc) is 3.01. The third-order valence-corrected chi connectivity index (χ3v) is 3.31. The Morgan fingerprint density at radius 3 is 2.94 bits per heavy atom. The predicted octanol–water partition coefficient (Wildman–Crippen LogP) is 2.43. The van der Waals surface area contributed by atoms with Gasteiger partial charge in [-0.15, -0.1) is 0 Å². The summed E-state index contributed by atoms with van der Waals surface area (Å²) in [5.41, 5.74) is 2.99. The van der Waals surface area contributed by atoms with Crippen LogP contribution in [0.15, 0.2) is 24.3 Å². The van der Waals surface area contributed by atoms with Gasteiger partial charge >= 0.3 is 0 Å². The number of amides is 1. The van der Waals surface area contributed by atoms with Crippen LogP contribution in [0.5, 0.6) is 0 Å². The molecule has 0 spiro atoms. The Kier molecular flexibility index (Phi) is 2.46. The van der Waals surface area contributed by atoms with Crippen molar-refractivity contribution in [3.05, 3.63) is 41.2 Å². The van der Waals surface area contributed by atoms with Crippen LogP contribution >= 0.6 is 0 Å². The molecule has 1 aromatic carbocycles. The van der Waals surface area contributed by atoms with E-state index < -0.39 is 0 Å². The predicted molar refractivity (Wildman–Crippen MR) is 63.9 cm³/mol. The van der Waals surface area contributed by atoms with Crippen LogP contribution in [0.3, 0.4) is 0 Å². The summed E-state index contributed by atoms with van der Waals surface area (Å²) in [6.45, 7) is 0. The van der Waals surface area contributed by atoms with Gasteiger partial charge in [0.2, 0.25) is 5.91 Å². The highest BCUT2D eigenvalue weighted by Crippen LogP contribution is 2.32. The Hall–Kier alpha value is -1.64. The van der Waals surface area contributed by atoms with E-state index in [4.69, 9.17) is 0 Å². The second kappa shape index (κ2) is 3.99. The number of nitrogens with one attached hydrogen (secondary N) is 1. The van der Waals surface area contributed by atoms with Gasteiger partial charge in [0.25, 0.3) is 0 Å². The van der Waals surface area contributed by atoms with E-state index in [1.165, 1.54) is 12.1 Å². The summed E-state index contributed by atoms with van der Waals surface area (Å²) in [5, 5.41) is 2.92. The number of allylic oxidation sites excluding steroid dienone is 1. The molecule has 3 rings (SSSR count). The van der Waals surface area contributed by atoms with Gasteiger partial charge in [-0.05, 0) is 54.5 Å². The molecule has 0 aliphatic heterocycles. The van der Waals surface area contributed by atoms with Crippen LogP contribution in [0.25, 0.3) is 5.57 Å². The van der Waals surface area contributed by atoms with Gasteiger partial charge < -0.3 is 5.32 Å². The van der Waals surface area contributed by atoms with Gasteiger partial charge in [0.1, 0.15) is 5.82 Å². The monoisotopic (exact) mass is 231 g/mol. The first kappa shape index (κ1) is 10.5. The number of rotatable bonds is 2. The molecule has 1 fully saturated rings. The van der Waals surface area contributed by atoms with Crippen LogP contribution in [0.4, 0.5) is 4.39 Å². The molecule has 88 valence electrons. The van der Waals surface area contributed by atoms with Crippen molar-refractivity contribution in [2.45, 2.75) is 31.7 Å². The summed E-state index contributed by atoms with van der Waals surface area (Å²) in [5.74, 6) is -0.279. The fraction of sp³-hybridized carbons (Fsp3) is 0.357. The molecule has 1 saturated carbocycles. The van der Waals surface area contributed by atoms with Crippen molar-refractivity contribution >= 4 is 11.5 Å². The number of carbonyl (C=O) groups is 1. The highest BCUT2D eigenvalue weighted by Gasteiger charge is 2.23. The topological polar surface area (TPSA) is 29.1 Å². The van der Waals surface area contributed by atoms with E-state index in [-0.39, 0.29) is 11.7 Å². The van der Waals surface area contributed by atoms with Crippen LogP contribution < -0.4 is 5.32 Å². The maximum absolute atomic E-state index is 13.2. The van der Waals surface area contributed by atoms with Crippen molar-refractivity contribution in [2.75, 3.05) is 0 Å². The normalized spacial score (nSPS) is 20.4. The van der Waals surface area contributed by atoms with Crippen LogP contribution in [0, 0.1) is 5.82 Å². The molecule has 1 aromatic rings. The molecule has 3 heteroatoms. The first-order valence-electron chi connectivity index (χ1n) is 6.02. The molecule has 2 aliphatic carbocycles. The lowest BCUT2D eigenvalue weighted by Crippen LogP contribution is -2.23. The summed E-state index contributed by atoms with van der Waals surface area (Å²) in [7, 11) is 0. The zero-order valence-electron chi connectivity index (χ0n) is 9.50. The minimum atomic E-state index is -0.237. The number of fused-ring (bicyclic) bond motifs is 1. The van der Waals surface area contributed by atoms with E-state index in [0.29, 0.717) is 6.04 Å². The summed E-state index contributed by atoms with van der Waals surface area (Å²) >= 11 is 0. The molecule has 2 nitrogen and oxygen atoms in total. The zero-order chi connectivity index (χ0) is 11.8. The van der Waals surface area contributed by atoms with E-state index in [1.807, 2.05) is 6.07 Å². The largest absolute Gasteiger partial charge is 0.350 e. The maximum atomic E-state index is 13.2. The van der Waals surface area contributed by atoms with E-state index in [0.717, 1.165) is 42.4 Å². The van der Waals surface area contributed by atoms with Crippen molar-refractivity contribution in [2.24, 2.45) is 0 Å². The van der Waals surface area contributed by atoms with Crippen molar-refractivity contribution in [1.29, 1.82) is 0 Å². The third kappa shape index (κ3) is 2.23. The van der Waals surface area contributed by atoms with Crippen molar-refractivity contribution < 1.29 is 9.18 Å². The lowest BCUT2D eigenvalue weighted by molar-refractivity contribution is -0.116. The van der Waals surface area contributed by atoms with Crippen LogP contribution in [-0.4, -0.2) is 11.9 Å².